The molecule has 146 valence electrons. The second-order valence-corrected chi connectivity index (χ2v) is 7.34. The predicted octanol–water partition coefficient (Wildman–Crippen LogP) is 5.40. The summed E-state index contributed by atoms with van der Waals surface area (Å²) < 4.78 is 23.2. The summed E-state index contributed by atoms with van der Waals surface area (Å²) in [6, 6.07) is 10.3. The molecule has 4 heteroatoms. The van der Waals surface area contributed by atoms with Gasteiger partial charge in [0.1, 0.15) is 5.76 Å². The maximum Gasteiger partial charge on any atom is 0.203 e. The van der Waals surface area contributed by atoms with E-state index in [4.69, 9.17) is 18.9 Å². The van der Waals surface area contributed by atoms with Gasteiger partial charge in [0.25, 0.3) is 0 Å². The lowest BCUT2D eigenvalue weighted by Crippen LogP contribution is -2.22. The summed E-state index contributed by atoms with van der Waals surface area (Å²) in [6.45, 7) is 8.25. The fourth-order valence-corrected chi connectivity index (χ4v) is 4.00. The molecule has 2 aliphatic carbocycles. The third kappa shape index (κ3) is 2.84. The van der Waals surface area contributed by atoms with E-state index in [2.05, 4.69) is 31.4 Å². The fourth-order valence-electron chi connectivity index (χ4n) is 4.00. The lowest BCUT2D eigenvalue weighted by molar-refractivity contribution is 0.127. The zero-order valence-electron chi connectivity index (χ0n) is 16.8. The molecule has 2 aliphatic rings. The van der Waals surface area contributed by atoms with Gasteiger partial charge in [-0.3, -0.25) is 0 Å². The average Bonchev–Trinajstić information content (AvgIpc) is 3.42. The minimum Gasteiger partial charge on any atom is -0.497 e. The van der Waals surface area contributed by atoms with Crippen molar-refractivity contribution in [2.24, 2.45) is 0 Å². The van der Waals surface area contributed by atoms with Crippen LogP contribution in [0.3, 0.4) is 0 Å². The molecule has 28 heavy (non-hydrogen) atoms. The summed E-state index contributed by atoms with van der Waals surface area (Å²) in [6.07, 6.45) is 3.70. The molecule has 0 bridgehead atoms. The quantitative estimate of drug-likeness (QED) is 0.604. The Morgan fingerprint density at radius 3 is 2.29 bits per heavy atom. The molecule has 1 fully saturated rings. The Balaban J connectivity index is 1.89. The van der Waals surface area contributed by atoms with Crippen LogP contribution in [0.5, 0.6) is 17.2 Å². The topological polar surface area (TPSA) is 36.9 Å². The molecule has 0 unspecified atom stereocenters. The molecule has 2 aromatic rings. The Bertz CT molecular complexity index is 953. The summed E-state index contributed by atoms with van der Waals surface area (Å²) >= 11 is 0. The second kappa shape index (κ2) is 6.93. The van der Waals surface area contributed by atoms with Gasteiger partial charge < -0.3 is 18.9 Å². The Labute approximate surface area is 166 Å². The van der Waals surface area contributed by atoms with Crippen LogP contribution in [0.2, 0.25) is 0 Å². The van der Waals surface area contributed by atoms with Crippen LogP contribution in [0.25, 0.3) is 16.7 Å². The first-order valence-electron chi connectivity index (χ1n) is 9.52. The molecular formula is C24H26O4. The molecule has 0 heterocycles. The highest BCUT2D eigenvalue weighted by atomic mass is 16.6. The molecule has 0 aliphatic heterocycles. The molecule has 0 N–H and O–H groups in total. The van der Waals surface area contributed by atoms with E-state index in [1.54, 1.807) is 21.3 Å². The average molecular weight is 378 g/mol. The van der Waals surface area contributed by atoms with Crippen molar-refractivity contribution in [3.05, 3.63) is 60.4 Å². The maximum absolute atomic E-state index is 6.55. The van der Waals surface area contributed by atoms with E-state index in [1.807, 2.05) is 12.1 Å². The Morgan fingerprint density at radius 1 is 0.893 bits per heavy atom. The highest BCUT2D eigenvalue weighted by molar-refractivity contribution is 5.84. The first kappa shape index (κ1) is 18.5. The summed E-state index contributed by atoms with van der Waals surface area (Å²) in [4.78, 5) is 0. The Morgan fingerprint density at radius 2 is 1.64 bits per heavy atom. The van der Waals surface area contributed by atoms with E-state index in [0.29, 0.717) is 23.0 Å². The number of allylic oxidation sites excluding steroid dienone is 1. The normalized spacial score (nSPS) is 16.3. The largest absolute Gasteiger partial charge is 0.497 e. The molecule has 0 radical (unpaired) electrons. The number of fused-ring (bicyclic) bond motifs is 1. The molecule has 0 aromatic heterocycles. The number of hydrogen-bond donors (Lipinski definition) is 0. The van der Waals surface area contributed by atoms with Crippen molar-refractivity contribution in [3.63, 3.8) is 0 Å². The number of methoxy groups -OCH3 is 3. The second-order valence-electron chi connectivity index (χ2n) is 7.34. The predicted molar refractivity (Wildman–Crippen MR) is 111 cm³/mol. The van der Waals surface area contributed by atoms with Crippen LogP contribution in [0.1, 0.15) is 30.4 Å². The van der Waals surface area contributed by atoms with Crippen LogP contribution in [0, 0.1) is 0 Å². The molecule has 0 spiro atoms. The fraction of sp³-hybridized carbons (Fsp3) is 0.333. The number of benzene rings is 2. The molecule has 1 saturated carbocycles. The molecular weight excluding hydrogens is 352 g/mol. The van der Waals surface area contributed by atoms with Crippen LogP contribution < -0.4 is 14.2 Å². The van der Waals surface area contributed by atoms with Crippen molar-refractivity contribution in [1.29, 1.82) is 0 Å². The molecule has 0 amide bonds. The zero-order valence-corrected chi connectivity index (χ0v) is 16.8. The molecule has 4 nitrogen and oxygen atoms in total. The van der Waals surface area contributed by atoms with E-state index in [9.17, 15) is 0 Å². The van der Waals surface area contributed by atoms with Gasteiger partial charge in [0.15, 0.2) is 17.1 Å². The van der Waals surface area contributed by atoms with E-state index < -0.39 is 5.60 Å². The first-order chi connectivity index (χ1) is 13.5. The molecule has 0 atom stereocenters. The SMILES string of the molecule is C=C1CCc2c1cccc2-c1ccc(OC)c(OC)c1OC1(C(=C)OC)CC1. The number of hydrogen-bond acceptors (Lipinski definition) is 4. The summed E-state index contributed by atoms with van der Waals surface area (Å²) in [5.74, 6) is 2.53. The molecule has 0 saturated heterocycles. The summed E-state index contributed by atoms with van der Waals surface area (Å²) in [7, 11) is 4.90. The minimum absolute atomic E-state index is 0.509. The van der Waals surface area contributed by atoms with Crippen molar-refractivity contribution in [2.45, 2.75) is 31.3 Å². The van der Waals surface area contributed by atoms with Crippen LogP contribution in [-0.4, -0.2) is 26.9 Å². The number of rotatable bonds is 7. The van der Waals surface area contributed by atoms with Gasteiger partial charge in [0.05, 0.1) is 21.3 Å². The van der Waals surface area contributed by atoms with Gasteiger partial charge >= 0.3 is 0 Å². The molecule has 4 rings (SSSR count). The van der Waals surface area contributed by atoms with Crippen LogP contribution in [0.15, 0.2) is 49.2 Å². The monoisotopic (exact) mass is 378 g/mol. The lowest BCUT2D eigenvalue weighted by Gasteiger charge is -2.24. The van der Waals surface area contributed by atoms with Crippen molar-refractivity contribution < 1.29 is 18.9 Å². The van der Waals surface area contributed by atoms with Crippen LogP contribution >= 0.6 is 0 Å². The third-order valence-corrected chi connectivity index (χ3v) is 5.78. The highest BCUT2D eigenvalue weighted by Gasteiger charge is 2.51. The Hall–Kier alpha value is -2.88. The lowest BCUT2D eigenvalue weighted by atomic mass is 9.95. The highest BCUT2D eigenvalue weighted by Crippen LogP contribution is 2.53. The van der Waals surface area contributed by atoms with Gasteiger partial charge in [-0.2, -0.15) is 0 Å². The van der Waals surface area contributed by atoms with Gasteiger partial charge in [-0.1, -0.05) is 31.4 Å². The third-order valence-electron chi connectivity index (χ3n) is 5.78. The standard InChI is InChI=1S/C24H26O4/c1-15-9-10-19-17(15)7-6-8-18(19)20-11-12-21(26-4)23(27-5)22(20)28-24(13-14-24)16(2)25-3/h6-8,11-12H,1-2,9-10,13-14H2,3-5H3. The van der Waals surface area contributed by atoms with E-state index >= 15 is 0 Å². The van der Waals surface area contributed by atoms with Crippen molar-refractivity contribution >= 4 is 5.57 Å². The van der Waals surface area contributed by atoms with Crippen molar-refractivity contribution in [2.75, 3.05) is 21.3 Å². The van der Waals surface area contributed by atoms with Gasteiger partial charge in [0, 0.05) is 5.56 Å². The zero-order chi connectivity index (χ0) is 19.9. The van der Waals surface area contributed by atoms with Gasteiger partial charge in [-0.15, -0.1) is 0 Å². The Kier molecular flexibility index (Phi) is 4.58. The summed E-state index contributed by atoms with van der Waals surface area (Å²) in [5.41, 5.74) is 5.35. The van der Waals surface area contributed by atoms with E-state index in [-0.39, 0.29) is 0 Å². The van der Waals surface area contributed by atoms with Gasteiger partial charge in [0.2, 0.25) is 5.75 Å². The number of ether oxygens (including phenoxy) is 4. The van der Waals surface area contributed by atoms with Gasteiger partial charge in [-0.25, -0.2) is 0 Å². The van der Waals surface area contributed by atoms with Crippen LogP contribution in [0.4, 0.5) is 0 Å². The minimum atomic E-state index is -0.509. The van der Waals surface area contributed by atoms with Crippen molar-refractivity contribution in [1.82, 2.24) is 0 Å². The van der Waals surface area contributed by atoms with Crippen molar-refractivity contribution in [3.8, 4) is 28.4 Å². The summed E-state index contributed by atoms with van der Waals surface area (Å²) in [5, 5.41) is 0. The first-order valence-corrected chi connectivity index (χ1v) is 9.52. The van der Waals surface area contributed by atoms with E-state index in [0.717, 1.165) is 36.8 Å². The maximum atomic E-state index is 6.55. The van der Waals surface area contributed by atoms with Gasteiger partial charge in [-0.05, 0) is 60.1 Å². The van der Waals surface area contributed by atoms with Crippen LogP contribution in [-0.2, 0) is 11.2 Å². The molecule has 2 aromatic carbocycles. The smallest absolute Gasteiger partial charge is 0.203 e. The van der Waals surface area contributed by atoms with E-state index in [1.165, 1.54) is 16.7 Å².